The summed E-state index contributed by atoms with van der Waals surface area (Å²) in [5.74, 6) is -0.409. The first-order valence-corrected chi connectivity index (χ1v) is 18.1. The minimum atomic E-state index is -1.37. The lowest BCUT2D eigenvalue weighted by Crippen LogP contribution is -2.28. The summed E-state index contributed by atoms with van der Waals surface area (Å²) >= 11 is -1.37. The van der Waals surface area contributed by atoms with Gasteiger partial charge in [-0.15, -0.1) is 0 Å². The summed E-state index contributed by atoms with van der Waals surface area (Å²) in [5, 5.41) is 7.15. The molecule has 4 bridgehead atoms. The Balaban J connectivity index is 1.48. The standard InChI is InChI=1S/C39H42F2N4O4S/c1-24(36(46)48-6)19-25-9-7-10-26(20-25)39(4)16-8-15-38(2,3)23-50(47)18-14-29-28-13-17-42-33(28)22-32(41)34(29)49-27-11-12-31(40)30(21-27)35-43-37(39)44-45(35)5/h7,9-14,17-18,20-22,24,42H,8,15-16,19,23H2,1-6H3/b18-14+. The largest absolute Gasteiger partial charge is 0.612 e. The van der Waals surface area contributed by atoms with Gasteiger partial charge in [0.15, 0.2) is 23.2 Å². The number of carbonyl (C=O) groups excluding carboxylic acids is 1. The number of aryl methyl sites for hydroxylation is 1. The zero-order chi connectivity index (χ0) is 35.8. The molecule has 1 aliphatic rings. The quantitative estimate of drug-likeness (QED) is 0.149. The minimum absolute atomic E-state index is 0.0593. The topological polar surface area (TPSA) is 105 Å². The molecule has 6 rings (SSSR count). The summed E-state index contributed by atoms with van der Waals surface area (Å²) in [5.41, 5.74) is 2.09. The Morgan fingerprint density at radius 1 is 1.12 bits per heavy atom. The summed E-state index contributed by atoms with van der Waals surface area (Å²) < 4.78 is 57.4. The highest BCUT2D eigenvalue weighted by Gasteiger charge is 2.36. The van der Waals surface area contributed by atoms with Crippen molar-refractivity contribution in [2.24, 2.45) is 18.4 Å². The Labute approximate surface area is 294 Å². The van der Waals surface area contributed by atoms with E-state index in [-0.39, 0.29) is 34.4 Å². The second-order valence-electron chi connectivity index (χ2n) is 14.2. The predicted molar refractivity (Wildman–Crippen MR) is 192 cm³/mol. The Hall–Kier alpha value is -4.48. The number of rotatable bonds is 4. The Kier molecular flexibility index (Phi) is 9.92. The molecule has 8 nitrogen and oxygen atoms in total. The predicted octanol–water partition coefficient (Wildman–Crippen LogP) is 8.62. The van der Waals surface area contributed by atoms with Crippen LogP contribution < -0.4 is 4.74 Å². The van der Waals surface area contributed by atoms with Crippen molar-refractivity contribution in [1.29, 1.82) is 0 Å². The van der Waals surface area contributed by atoms with Crippen LogP contribution in [0.5, 0.6) is 11.5 Å². The molecule has 0 radical (unpaired) electrons. The summed E-state index contributed by atoms with van der Waals surface area (Å²) in [6.45, 7) is 8.11. The number of aromatic amines is 1. The highest BCUT2D eigenvalue weighted by molar-refractivity contribution is 7.94. The molecule has 3 heterocycles. The van der Waals surface area contributed by atoms with Crippen molar-refractivity contribution in [3.05, 3.63) is 100 Å². The van der Waals surface area contributed by atoms with Gasteiger partial charge in [0.05, 0.1) is 24.0 Å². The number of H-pyrrole nitrogens is 1. The van der Waals surface area contributed by atoms with Crippen LogP contribution in [0.1, 0.15) is 69.5 Å². The number of carbonyl (C=O) groups is 1. The van der Waals surface area contributed by atoms with Crippen LogP contribution in [-0.4, -0.2) is 43.1 Å². The van der Waals surface area contributed by atoms with Crippen LogP contribution in [0.15, 0.2) is 66.2 Å². The second-order valence-corrected chi connectivity index (χ2v) is 15.5. The van der Waals surface area contributed by atoms with E-state index in [0.717, 1.165) is 24.0 Å². The monoisotopic (exact) mass is 700 g/mol. The summed E-state index contributed by atoms with van der Waals surface area (Å²) in [6, 6.07) is 15.4. The van der Waals surface area contributed by atoms with Gasteiger partial charge in [-0.1, -0.05) is 51.5 Å². The molecule has 2 aromatic heterocycles. The molecule has 0 fully saturated rings. The highest BCUT2D eigenvalue weighted by atomic mass is 32.2. The van der Waals surface area contributed by atoms with Crippen molar-refractivity contribution >= 4 is 34.1 Å². The number of ether oxygens (including phenoxy) is 2. The first kappa shape index (κ1) is 35.3. The molecule has 1 aliphatic heterocycles. The third kappa shape index (κ3) is 7.20. The van der Waals surface area contributed by atoms with Crippen molar-refractivity contribution in [2.45, 2.75) is 58.8 Å². The molecule has 3 aromatic carbocycles. The molecule has 11 heteroatoms. The number of halogens is 2. The average Bonchev–Trinajstić information content (AvgIpc) is 3.70. The smallest absolute Gasteiger partial charge is 0.308 e. The number of methoxy groups -OCH3 is 1. The second kappa shape index (κ2) is 14.0. The first-order valence-electron chi connectivity index (χ1n) is 16.7. The number of nitrogens with zero attached hydrogens (tertiary/aromatic N) is 3. The lowest BCUT2D eigenvalue weighted by molar-refractivity contribution is -0.144. The normalized spacial score (nSPS) is 20.6. The molecule has 0 amide bonds. The Morgan fingerprint density at radius 3 is 2.70 bits per heavy atom. The van der Waals surface area contributed by atoms with E-state index in [4.69, 9.17) is 19.6 Å². The van der Waals surface area contributed by atoms with Gasteiger partial charge >= 0.3 is 5.97 Å². The van der Waals surface area contributed by atoms with Gasteiger partial charge in [0.25, 0.3) is 0 Å². The van der Waals surface area contributed by atoms with Gasteiger partial charge in [0.1, 0.15) is 22.7 Å². The van der Waals surface area contributed by atoms with Crippen molar-refractivity contribution in [1.82, 2.24) is 19.7 Å². The van der Waals surface area contributed by atoms with E-state index in [1.807, 2.05) is 31.2 Å². The van der Waals surface area contributed by atoms with E-state index in [9.17, 15) is 9.35 Å². The average molecular weight is 701 g/mol. The van der Waals surface area contributed by atoms with Gasteiger partial charge in [-0.3, -0.25) is 4.79 Å². The summed E-state index contributed by atoms with van der Waals surface area (Å²) in [6.07, 6.45) is 6.03. The van der Waals surface area contributed by atoms with Crippen molar-refractivity contribution in [3.8, 4) is 22.9 Å². The lowest BCUT2D eigenvalue weighted by Gasteiger charge is -2.30. The zero-order valence-corrected chi connectivity index (χ0v) is 30.0. The van der Waals surface area contributed by atoms with Gasteiger partial charge in [0.2, 0.25) is 0 Å². The van der Waals surface area contributed by atoms with Gasteiger partial charge in [0, 0.05) is 41.2 Å². The van der Waals surface area contributed by atoms with E-state index in [2.05, 4.69) is 31.8 Å². The SMILES string of the molecule is COC(=O)C(C)Cc1cccc(C2(C)CCCC(C)(C)C[S+]([O-])/C=C/c3c(c(F)cc4[nH]ccc34)Oc3ccc(F)c(c3)-c3nc2nn3C)c1. The van der Waals surface area contributed by atoms with E-state index < -0.39 is 28.2 Å². The highest BCUT2D eigenvalue weighted by Crippen LogP contribution is 2.41. The van der Waals surface area contributed by atoms with Crippen LogP contribution in [0.3, 0.4) is 0 Å². The summed E-state index contributed by atoms with van der Waals surface area (Å²) in [7, 11) is 3.11. The van der Waals surface area contributed by atoms with Gasteiger partial charge in [-0.25, -0.2) is 18.4 Å². The third-order valence-corrected chi connectivity index (χ3v) is 11.1. The van der Waals surface area contributed by atoms with E-state index in [1.54, 1.807) is 29.4 Å². The van der Waals surface area contributed by atoms with Crippen LogP contribution in [-0.2, 0) is 39.6 Å². The molecule has 3 atom stereocenters. The zero-order valence-electron chi connectivity index (χ0n) is 29.2. The van der Waals surface area contributed by atoms with Crippen molar-refractivity contribution in [2.75, 3.05) is 12.9 Å². The van der Waals surface area contributed by atoms with Crippen LogP contribution >= 0.6 is 0 Å². The molecule has 50 heavy (non-hydrogen) atoms. The van der Waals surface area contributed by atoms with E-state index in [0.29, 0.717) is 46.7 Å². The lowest BCUT2D eigenvalue weighted by atomic mass is 9.75. The maximum atomic E-state index is 15.6. The fourth-order valence-corrected chi connectivity index (χ4v) is 8.09. The summed E-state index contributed by atoms with van der Waals surface area (Å²) in [4.78, 5) is 20.2. The van der Waals surface area contributed by atoms with Gasteiger partial charge in [-0.2, -0.15) is 5.10 Å². The number of hydrogen-bond acceptors (Lipinski definition) is 6. The molecule has 0 saturated carbocycles. The van der Waals surface area contributed by atoms with E-state index in [1.165, 1.54) is 31.4 Å². The van der Waals surface area contributed by atoms with Crippen LogP contribution in [0.25, 0.3) is 28.4 Å². The minimum Gasteiger partial charge on any atom is -0.612 e. The molecule has 0 saturated heterocycles. The molecule has 0 spiro atoms. The van der Waals surface area contributed by atoms with Crippen LogP contribution in [0, 0.1) is 23.0 Å². The van der Waals surface area contributed by atoms with Gasteiger partial charge < -0.3 is 19.0 Å². The first-order chi connectivity index (χ1) is 23.8. The maximum absolute atomic E-state index is 15.6. The Morgan fingerprint density at radius 2 is 1.92 bits per heavy atom. The maximum Gasteiger partial charge on any atom is 0.308 e. The molecular formula is C39H42F2N4O4S. The number of esters is 1. The number of aromatic nitrogens is 4. The Bertz CT molecular complexity index is 2070. The number of nitrogens with one attached hydrogen (secondary N) is 1. The molecule has 262 valence electrons. The van der Waals surface area contributed by atoms with E-state index >= 15 is 8.78 Å². The van der Waals surface area contributed by atoms with Crippen molar-refractivity contribution in [3.63, 3.8) is 0 Å². The fourth-order valence-electron chi connectivity index (χ4n) is 6.79. The van der Waals surface area contributed by atoms with Crippen molar-refractivity contribution < 1.29 is 27.6 Å². The molecular weight excluding hydrogens is 659 g/mol. The molecule has 1 N–H and O–H groups in total. The fraction of sp³-hybridized carbons (Fsp3) is 0.359. The van der Waals surface area contributed by atoms with Crippen LogP contribution in [0.2, 0.25) is 0 Å². The third-order valence-electron chi connectivity index (χ3n) is 9.62. The van der Waals surface area contributed by atoms with Crippen LogP contribution in [0.4, 0.5) is 8.78 Å². The molecule has 3 unspecified atom stereocenters. The molecule has 5 aromatic rings. The molecule has 0 aliphatic carbocycles. The number of benzene rings is 3. The number of hydrogen-bond donors (Lipinski definition) is 1. The number of fused-ring (bicyclic) bond motifs is 8. The van der Waals surface area contributed by atoms with Gasteiger partial charge in [-0.05, 0) is 78.8 Å².